The standard InChI is InChI=1S/C17H21NO2/c1-2-13-5-3-4-6-16(13)20-11-17(19)18-15-10-12-7-8-14(15)9-12/h3-8,12,14-15H,2,9-11H2,1H3,(H,18,19). The normalized spacial score (nSPS) is 26.8. The van der Waals surface area contributed by atoms with Crippen molar-refractivity contribution in [3.63, 3.8) is 0 Å². The van der Waals surface area contributed by atoms with Crippen LogP contribution in [0.25, 0.3) is 0 Å². The highest BCUT2D eigenvalue weighted by molar-refractivity contribution is 5.78. The van der Waals surface area contributed by atoms with Gasteiger partial charge in [-0.25, -0.2) is 0 Å². The lowest BCUT2D eigenvalue weighted by molar-refractivity contribution is -0.124. The Morgan fingerprint density at radius 2 is 2.15 bits per heavy atom. The van der Waals surface area contributed by atoms with E-state index in [0.29, 0.717) is 17.9 Å². The fraction of sp³-hybridized carbons (Fsp3) is 0.471. The number of nitrogens with one attached hydrogen (secondary N) is 1. The number of hydrogen-bond acceptors (Lipinski definition) is 2. The van der Waals surface area contributed by atoms with Gasteiger partial charge in [-0.3, -0.25) is 4.79 Å². The minimum Gasteiger partial charge on any atom is -0.483 e. The summed E-state index contributed by atoms with van der Waals surface area (Å²) in [6.45, 7) is 2.19. The molecule has 1 saturated carbocycles. The number of carbonyl (C=O) groups excluding carboxylic acids is 1. The molecule has 1 N–H and O–H groups in total. The van der Waals surface area contributed by atoms with E-state index in [2.05, 4.69) is 24.4 Å². The van der Waals surface area contributed by atoms with Crippen LogP contribution in [-0.2, 0) is 11.2 Å². The highest BCUT2D eigenvalue weighted by atomic mass is 16.5. The quantitative estimate of drug-likeness (QED) is 0.836. The van der Waals surface area contributed by atoms with Crippen molar-refractivity contribution in [3.8, 4) is 5.75 Å². The van der Waals surface area contributed by atoms with Gasteiger partial charge in [0.1, 0.15) is 5.75 Å². The lowest BCUT2D eigenvalue weighted by Gasteiger charge is -2.20. The topological polar surface area (TPSA) is 38.3 Å². The molecule has 3 atom stereocenters. The van der Waals surface area contributed by atoms with E-state index >= 15 is 0 Å². The molecule has 1 aromatic rings. The minimum absolute atomic E-state index is 0.0122. The maximum atomic E-state index is 12.0. The van der Waals surface area contributed by atoms with Crippen molar-refractivity contribution in [2.45, 2.75) is 32.2 Å². The number of rotatable bonds is 5. The zero-order chi connectivity index (χ0) is 13.9. The molecule has 20 heavy (non-hydrogen) atoms. The third-order valence-corrected chi connectivity index (χ3v) is 4.34. The third-order valence-electron chi connectivity index (χ3n) is 4.34. The molecule has 0 spiro atoms. The summed E-state index contributed by atoms with van der Waals surface area (Å²) in [4.78, 5) is 12.0. The Balaban J connectivity index is 1.51. The Labute approximate surface area is 120 Å². The van der Waals surface area contributed by atoms with Crippen LogP contribution in [0.3, 0.4) is 0 Å². The van der Waals surface area contributed by atoms with Crippen LogP contribution in [0, 0.1) is 11.8 Å². The van der Waals surface area contributed by atoms with Gasteiger partial charge in [-0.15, -0.1) is 0 Å². The molecule has 3 nitrogen and oxygen atoms in total. The fourth-order valence-corrected chi connectivity index (χ4v) is 3.28. The monoisotopic (exact) mass is 271 g/mol. The highest BCUT2D eigenvalue weighted by Crippen LogP contribution is 2.38. The number of benzene rings is 1. The molecule has 3 heteroatoms. The molecule has 2 aliphatic carbocycles. The zero-order valence-corrected chi connectivity index (χ0v) is 11.8. The summed E-state index contributed by atoms with van der Waals surface area (Å²) in [6, 6.07) is 8.20. The van der Waals surface area contributed by atoms with E-state index < -0.39 is 0 Å². The first-order valence-electron chi connectivity index (χ1n) is 7.44. The van der Waals surface area contributed by atoms with Gasteiger partial charge in [0.05, 0.1) is 0 Å². The van der Waals surface area contributed by atoms with Crippen LogP contribution in [0.4, 0.5) is 0 Å². The van der Waals surface area contributed by atoms with Crippen molar-refractivity contribution in [2.75, 3.05) is 6.61 Å². The molecule has 3 rings (SSSR count). The number of carbonyl (C=O) groups is 1. The van der Waals surface area contributed by atoms with E-state index in [9.17, 15) is 4.79 Å². The number of amides is 1. The molecule has 3 unspecified atom stereocenters. The Morgan fingerprint density at radius 3 is 2.85 bits per heavy atom. The van der Waals surface area contributed by atoms with Crippen molar-refractivity contribution in [1.82, 2.24) is 5.32 Å². The van der Waals surface area contributed by atoms with Crippen LogP contribution in [0.15, 0.2) is 36.4 Å². The Hall–Kier alpha value is -1.77. The second-order valence-corrected chi connectivity index (χ2v) is 5.70. The summed E-state index contributed by atoms with van der Waals surface area (Å²) in [5.41, 5.74) is 1.14. The Kier molecular flexibility index (Phi) is 3.77. The van der Waals surface area contributed by atoms with Gasteiger partial charge in [0.2, 0.25) is 0 Å². The van der Waals surface area contributed by atoms with E-state index in [1.165, 1.54) is 6.42 Å². The summed E-state index contributed by atoms with van der Waals surface area (Å²) < 4.78 is 5.65. The highest BCUT2D eigenvalue weighted by Gasteiger charge is 2.36. The molecule has 0 heterocycles. The van der Waals surface area contributed by atoms with Gasteiger partial charge < -0.3 is 10.1 Å². The van der Waals surface area contributed by atoms with Crippen LogP contribution in [-0.4, -0.2) is 18.6 Å². The van der Waals surface area contributed by atoms with Gasteiger partial charge in [-0.05, 0) is 42.7 Å². The van der Waals surface area contributed by atoms with Crippen LogP contribution < -0.4 is 10.1 Å². The summed E-state index contributed by atoms with van der Waals surface area (Å²) in [7, 11) is 0. The van der Waals surface area contributed by atoms with Gasteiger partial charge in [-0.2, -0.15) is 0 Å². The van der Waals surface area contributed by atoms with E-state index in [1.807, 2.05) is 24.3 Å². The largest absolute Gasteiger partial charge is 0.483 e. The van der Waals surface area contributed by atoms with Crippen molar-refractivity contribution in [2.24, 2.45) is 11.8 Å². The lowest BCUT2D eigenvalue weighted by atomic mass is 10.0. The molecule has 0 aliphatic heterocycles. The molecule has 0 saturated heterocycles. The first kappa shape index (κ1) is 13.2. The smallest absolute Gasteiger partial charge is 0.258 e. The number of para-hydroxylation sites is 1. The number of ether oxygens (including phenoxy) is 1. The molecule has 0 aromatic heterocycles. The van der Waals surface area contributed by atoms with E-state index in [0.717, 1.165) is 24.2 Å². The number of fused-ring (bicyclic) bond motifs is 2. The molecular weight excluding hydrogens is 250 g/mol. The molecule has 106 valence electrons. The second kappa shape index (κ2) is 5.70. The molecule has 1 amide bonds. The number of aryl methyl sites for hydroxylation is 1. The first-order chi connectivity index (χ1) is 9.76. The van der Waals surface area contributed by atoms with Gasteiger partial charge in [0.25, 0.3) is 5.91 Å². The van der Waals surface area contributed by atoms with Crippen molar-refractivity contribution in [1.29, 1.82) is 0 Å². The van der Waals surface area contributed by atoms with Gasteiger partial charge in [-0.1, -0.05) is 37.3 Å². The van der Waals surface area contributed by atoms with Crippen LogP contribution in [0.5, 0.6) is 5.75 Å². The Morgan fingerprint density at radius 1 is 1.30 bits per heavy atom. The van der Waals surface area contributed by atoms with Gasteiger partial charge >= 0.3 is 0 Å². The summed E-state index contributed by atoms with van der Waals surface area (Å²) in [5, 5.41) is 3.10. The summed E-state index contributed by atoms with van der Waals surface area (Å²) in [5.74, 6) is 2.01. The average molecular weight is 271 g/mol. The molecule has 2 aliphatic rings. The zero-order valence-electron chi connectivity index (χ0n) is 11.8. The molecular formula is C17H21NO2. The molecule has 0 radical (unpaired) electrons. The predicted molar refractivity (Wildman–Crippen MR) is 78.6 cm³/mol. The first-order valence-corrected chi connectivity index (χ1v) is 7.44. The van der Waals surface area contributed by atoms with E-state index in [1.54, 1.807) is 0 Å². The van der Waals surface area contributed by atoms with Crippen molar-refractivity contribution < 1.29 is 9.53 Å². The summed E-state index contributed by atoms with van der Waals surface area (Å²) >= 11 is 0. The van der Waals surface area contributed by atoms with Crippen molar-refractivity contribution >= 4 is 5.91 Å². The van der Waals surface area contributed by atoms with E-state index in [-0.39, 0.29) is 12.5 Å². The average Bonchev–Trinajstić information content (AvgIpc) is 3.08. The summed E-state index contributed by atoms with van der Waals surface area (Å²) in [6.07, 6.45) is 7.71. The SMILES string of the molecule is CCc1ccccc1OCC(=O)NC1CC2C=CC1C2. The number of hydrogen-bond donors (Lipinski definition) is 1. The lowest BCUT2D eigenvalue weighted by Crippen LogP contribution is -2.40. The maximum absolute atomic E-state index is 12.0. The van der Waals surface area contributed by atoms with Crippen LogP contribution >= 0.6 is 0 Å². The van der Waals surface area contributed by atoms with Gasteiger partial charge in [0, 0.05) is 6.04 Å². The van der Waals surface area contributed by atoms with Crippen molar-refractivity contribution in [3.05, 3.63) is 42.0 Å². The molecule has 1 fully saturated rings. The number of allylic oxidation sites excluding steroid dienone is 1. The molecule has 2 bridgehead atoms. The molecule has 1 aromatic carbocycles. The minimum atomic E-state index is -0.0122. The van der Waals surface area contributed by atoms with Gasteiger partial charge in [0.15, 0.2) is 6.61 Å². The Bertz CT molecular complexity index is 523. The predicted octanol–water partition coefficient (Wildman–Crippen LogP) is 2.71. The second-order valence-electron chi connectivity index (χ2n) is 5.70. The maximum Gasteiger partial charge on any atom is 0.258 e. The fourth-order valence-electron chi connectivity index (χ4n) is 3.28. The third kappa shape index (κ3) is 2.72. The van der Waals surface area contributed by atoms with E-state index in [4.69, 9.17) is 4.74 Å². The van der Waals surface area contributed by atoms with Crippen LogP contribution in [0.2, 0.25) is 0 Å². The van der Waals surface area contributed by atoms with Crippen LogP contribution in [0.1, 0.15) is 25.3 Å².